The number of hydrogen-bond donors (Lipinski definition) is 0. The Morgan fingerprint density at radius 3 is 2.13 bits per heavy atom. The van der Waals surface area contributed by atoms with E-state index in [2.05, 4.69) is 16.7 Å². The Balaban J connectivity index is 1.23. The van der Waals surface area contributed by atoms with Gasteiger partial charge in [-0.3, -0.25) is 14.9 Å². The fourth-order valence-corrected chi connectivity index (χ4v) is 7.62. The first-order chi connectivity index (χ1) is 21.7. The summed E-state index contributed by atoms with van der Waals surface area (Å²) in [5.74, 6) is 0.364. The summed E-state index contributed by atoms with van der Waals surface area (Å²) >= 11 is 0. The number of likely N-dealkylation sites (tertiary alicyclic amines) is 1. The maximum Gasteiger partial charge on any atom is 0.337 e. The van der Waals surface area contributed by atoms with Crippen LogP contribution in [-0.4, -0.2) is 92.6 Å². The Morgan fingerprint density at radius 1 is 0.911 bits per heavy atom. The number of amides is 1. The van der Waals surface area contributed by atoms with E-state index in [9.17, 15) is 24.5 Å². The van der Waals surface area contributed by atoms with E-state index in [0.29, 0.717) is 55.6 Å². The van der Waals surface area contributed by atoms with Crippen molar-refractivity contribution in [2.45, 2.75) is 39.0 Å². The van der Waals surface area contributed by atoms with Gasteiger partial charge in [-0.05, 0) is 72.9 Å². The quantitative estimate of drug-likeness (QED) is 0.228. The molecule has 2 aromatic rings. The van der Waals surface area contributed by atoms with Crippen molar-refractivity contribution in [3.8, 4) is 0 Å². The first-order valence-corrected chi connectivity index (χ1v) is 16.0. The molecule has 1 saturated carbocycles. The second-order valence-corrected chi connectivity index (χ2v) is 12.8. The minimum Gasteiger partial charge on any atom is -0.465 e. The summed E-state index contributed by atoms with van der Waals surface area (Å²) < 4.78 is 9.80. The number of ether oxygens (including phenoxy) is 2. The zero-order valence-electron chi connectivity index (χ0n) is 26.5. The van der Waals surface area contributed by atoms with E-state index in [4.69, 9.17) is 9.47 Å². The summed E-state index contributed by atoms with van der Waals surface area (Å²) in [6, 6.07) is 11.7. The molecule has 11 heteroatoms. The van der Waals surface area contributed by atoms with E-state index in [1.165, 1.54) is 45.3 Å². The van der Waals surface area contributed by atoms with Crippen molar-refractivity contribution in [2.75, 3.05) is 64.9 Å². The summed E-state index contributed by atoms with van der Waals surface area (Å²) in [7, 11) is 2.64. The molecule has 3 aliphatic rings. The Kier molecular flexibility index (Phi) is 10.4. The van der Waals surface area contributed by atoms with E-state index >= 15 is 0 Å². The topological polar surface area (TPSA) is 123 Å². The van der Waals surface area contributed by atoms with Gasteiger partial charge < -0.3 is 24.2 Å². The minimum atomic E-state index is -0.496. The molecule has 0 spiro atoms. The predicted molar refractivity (Wildman–Crippen MR) is 169 cm³/mol. The number of non-ortho nitro benzene ring substituents is 1. The third kappa shape index (κ3) is 7.64. The van der Waals surface area contributed by atoms with Gasteiger partial charge in [0.05, 0.1) is 36.2 Å². The Morgan fingerprint density at radius 2 is 1.53 bits per heavy atom. The van der Waals surface area contributed by atoms with Crippen molar-refractivity contribution in [3.05, 3.63) is 69.3 Å². The van der Waals surface area contributed by atoms with Crippen LogP contribution in [0, 0.1) is 33.8 Å². The Bertz CT molecular complexity index is 1360. The lowest BCUT2D eigenvalue weighted by molar-refractivity contribution is -0.384. The maximum atomic E-state index is 14.1. The average molecular weight is 621 g/mol. The van der Waals surface area contributed by atoms with Crippen LogP contribution in [0.15, 0.2) is 42.5 Å². The van der Waals surface area contributed by atoms with Crippen molar-refractivity contribution in [1.29, 1.82) is 0 Å². The number of carbonyl (C=O) groups is 3. The molecular formula is C34H44N4O7. The van der Waals surface area contributed by atoms with Crippen molar-refractivity contribution >= 4 is 29.2 Å². The molecular weight excluding hydrogens is 576 g/mol. The number of nitrogens with zero attached hydrogens (tertiary/aromatic N) is 4. The number of nitro benzene ring substituents is 1. The van der Waals surface area contributed by atoms with Gasteiger partial charge in [0, 0.05) is 63.6 Å². The lowest BCUT2D eigenvalue weighted by Crippen LogP contribution is -2.57. The molecule has 1 amide bonds. The maximum absolute atomic E-state index is 14.1. The minimum absolute atomic E-state index is 0.0317. The molecule has 2 heterocycles. The average Bonchev–Trinajstić information content (AvgIpc) is 3.06. The van der Waals surface area contributed by atoms with Crippen LogP contribution in [0.4, 0.5) is 11.4 Å². The van der Waals surface area contributed by atoms with Crippen molar-refractivity contribution in [1.82, 2.24) is 9.80 Å². The van der Waals surface area contributed by atoms with E-state index in [-0.39, 0.29) is 23.4 Å². The number of anilines is 1. The van der Waals surface area contributed by atoms with Crippen LogP contribution in [0.1, 0.15) is 58.9 Å². The van der Waals surface area contributed by atoms with Gasteiger partial charge >= 0.3 is 11.9 Å². The molecule has 11 nitrogen and oxygen atoms in total. The third-order valence-electron chi connectivity index (χ3n) is 9.76. The van der Waals surface area contributed by atoms with Gasteiger partial charge in [0.2, 0.25) is 5.91 Å². The molecule has 0 bridgehead atoms. The van der Waals surface area contributed by atoms with Crippen LogP contribution in [0.5, 0.6) is 0 Å². The van der Waals surface area contributed by atoms with Crippen molar-refractivity contribution in [2.24, 2.45) is 23.7 Å². The number of esters is 2. The highest BCUT2D eigenvalue weighted by Crippen LogP contribution is 2.40. The molecule has 0 N–H and O–H groups in total. The highest BCUT2D eigenvalue weighted by molar-refractivity contribution is 5.95. The monoisotopic (exact) mass is 620 g/mol. The molecule has 242 valence electrons. The van der Waals surface area contributed by atoms with Crippen LogP contribution in [0.2, 0.25) is 0 Å². The summed E-state index contributed by atoms with van der Waals surface area (Å²) in [5, 5.41) is 11.0. The summed E-state index contributed by atoms with van der Waals surface area (Å²) in [5.41, 5.74) is 2.53. The third-order valence-corrected chi connectivity index (χ3v) is 9.76. The lowest BCUT2D eigenvalue weighted by atomic mass is 9.69. The summed E-state index contributed by atoms with van der Waals surface area (Å²) in [4.78, 5) is 55.9. The predicted octanol–water partition coefficient (Wildman–Crippen LogP) is 4.43. The fourth-order valence-electron chi connectivity index (χ4n) is 7.62. The van der Waals surface area contributed by atoms with E-state index < -0.39 is 16.9 Å². The zero-order valence-corrected chi connectivity index (χ0v) is 26.5. The Labute approximate surface area is 264 Å². The molecule has 4 atom stereocenters. The highest BCUT2D eigenvalue weighted by Gasteiger charge is 2.43. The number of methoxy groups -OCH3 is 2. The molecule has 1 aliphatic carbocycles. The number of benzene rings is 2. The van der Waals surface area contributed by atoms with Gasteiger partial charge in [-0.25, -0.2) is 9.59 Å². The fraction of sp³-hybridized carbons (Fsp3) is 0.559. The van der Waals surface area contributed by atoms with Gasteiger partial charge in [-0.2, -0.15) is 0 Å². The highest BCUT2D eigenvalue weighted by atomic mass is 16.6. The van der Waals surface area contributed by atoms with Gasteiger partial charge in [0.25, 0.3) is 5.69 Å². The number of hydrogen-bond acceptors (Lipinski definition) is 9. The first-order valence-electron chi connectivity index (χ1n) is 16.0. The number of rotatable bonds is 9. The molecule has 2 aromatic carbocycles. The molecule has 45 heavy (non-hydrogen) atoms. The zero-order chi connectivity index (χ0) is 32.1. The molecule has 3 fully saturated rings. The van der Waals surface area contributed by atoms with Gasteiger partial charge in [0.15, 0.2) is 0 Å². The molecule has 0 radical (unpaired) electrons. The molecule has 1 unspecified atom stereocenters. The van der Waals surface area contributed by atoms with E-state index in [0.717, 1.165) is 43.7 Å². The number of piperidine rings is 1. The van der Waals surface area contributed by atoms with Crippen LogP contribution >= 0.6 is 0 Å². The second-order valence-electron chi connectivity index (χ2n) is 12.8. The smallest absolute Gasteiger partial charge is 0.337 e. The summed E-state index contributed by atoms with van der Waals surface area (Å²) in [6.45, 7) is 7.39. The lowest BCUT2D eigenvalue weighted by Gasteiger charge is -2.48. The van der Waals surface area contributed by atoms with Gasteiger partial charge in [-0.15, -0.1) is 0 Å². The summed E-state index contributed by atoms with van der Waals surface area (Å²) in [6.07, 6.45) is 5.30. The SMILES string of the molecule is COC(=O)c1cc(CC(C)CN2C[C@H]3CCCC[C@H]3[C@@H](C(=O)N3CCN(c4ccc([N+](=O)[O-])cc4)CC3)C2)cc(C(=O)OC)c1. The van der Waals surface area contributed by atoms with Crippen molar-refractivity contribution in [3.63, 3.8) is 0 Å². The second kappa shape index (κ2) is 14.4. The molecule has 0 aromatic heterocycles. The van der Waals surface area contributed by atoms with Gasteiger partial charge in [-0.1, -0.05) is 19.8 Å². The number of piperazine rings is 1. The number of nitro groups is 1. The number of fused-ring (bicyclic) bond motifs is 1. The van der Waals surface area contributed by atoms with E-state index in [1.54, 1.807) is 24.3 Å². The standard InChI is InChI=1S/C34H44N4O7/c1-23(16-24-17-26(33(40)44-2)19-27(18-24)34(41)45-3)20-35-21-25-6-4-5-7-30(25)31(22-35)32(39)37-14-12-36(13-15-37)28-8-10-29(11-9-28)38(42)43/h8-11,17-19,23,25,30-31H,4-7,12-16,20-22H2,1-3H3/t23?,25-,30-,31+/m1/s1. The molecule has 5 rings (SSSR count). The first kappa shape index (κ1) is 32.4. The van der Waals surface area contributed by atoms with Crippen LogP contribution < -0.4 is 4.90 Å². The number of carbonyl (C=O) groups excluding carboxylic acids is 3. The Hall–Kier alpha value is -3.99. The van der Waals surface area contributed by atoms with Crippen molar-refractivity contribution < 1.29 is 28.8 Å². The van der Waals surface area contributed by atoms with Crippen LogP contribution in [0.25, 0.3) is 0 Å². The molecule has 2 aliphatic heterocycles. The molecule has 2 saturated heterocycles. The largest absolute Gasteiger partial charge is 0.465 e. The van der Waals surface area contributed by atoms with Gasteiger partial charge in [0.1, 0.15) is 0 Å². The van der Waals surface area contributed by atoms with E-state index in [1.807, 2.05) is 4.90 Å². The van der Waals surface area contributed by atoms with Crippen LogP contribution in [-0.2, 0) is 20.7 Å². The van der Waals surface area contributed by atoms with Crippen LogP contribution in [0.3, 0.4) is 0 Å². The normalized spacial score (nSPS) is 22.7.